The Bertz CT molecular complexity index is 392. The molecule has 2 saturated heterocycles. The van der Waals surface area contributed by atoms with Gasteiger partial charge in [0.25, 0.3) is 0 Å². The summed E-state index contributed by atoms with van der Waals surface area (Å²) in [5.41, 5.74) is 0. The van der Waals surface area contributed by atoms with Gasteiger partial charge in [-0.05, 0) is 69.6 Å². The van der Waals surface area contributed by atoms with E-state index in [1.165, 1.54) is 0 Å². The highest BCUT2D eigenvalue weighted by Crippen LogP contribution is 2.23. The SMILES string of the molecule is O=C1CCC(CCCC(O)CCCC(O)CCCC2CCC(=O)OC2)CO1. The number of esters is 2. The van der Waals surface area contributed by atoms with Crippen molar-refractivity contribution < 1.29 is 29.3 Å². The largest absolute Gasteiger partial charge is 0.465 e. The van der Waals surface area contributed by atoms with Crippen molar-refractivity contribution in [2.24, 2.45) is 11.8 Å². The zero-order chi connectivity index (χ0) is 19.5. The number of carbonyl (C=O) groups is 2. The summed E-state index contributed by atoms with van der Waals surface area (Å²) < 4.78 is 10.1. The maximum absolute atomic E-state index is 11.0. The summed E-state index contributed by atoms with van der Waals surface area (Å²) in [6.45, 7) is 1.06. The van der Waals surface area contributed by atoms with E-state index in [9.17, 15) is 19.8 Å². The number of aliphatic hydroxyl groups is 2. The van der Waals surface area contributed by atoms with Crippen molar-refractivity contribution in [3.63, 3.8) is 0 Å². The highest BCUT2D eigenvalue weighted by molar-refractivity contribution is 5.70. The van der Waals surface area contributed by atoms with Crippen LogP contribution in [0.5, 0.6) is 0 Å². The second-order valence-electron chi connectivity index (χ2n) is 8.28. The number of hydrogen-bond acceptors (Lipinski definition) is 6. The van der Waals surface area contributed by atoms with E-state index in [2.05, 4.69) is 0 Å². The third-order valence-electron chi connectivity index (χ3n) is 5.85. The first kappa shape index (κ1) is 22.2. The minimum Gasteiger partial charge on any atom is -0.465 e. The molecule has 0 aromatic rings. The van der Waals surface area contributed by atoms with Crippen molar-refractivity contribution >= 4 is 11.9 Å². The van der Waals surface area contributed by atoms with Crippen molar-refractivity contribution in [1.29, 1.82) is 0 Å². The number of carbonyl (C=O) groups excluding carboxylic acids is 2. The molecule has 0 saturated carbocycles. The van der Waals surface area contributed by atoms with Crippen LogP contribution in [0.1, 0.15) is 83.5 Å². The third-order valence-corrected chi connectivity index (χ3v) is 5.85. The van der Waals surface area contributed by atoms with E-state index < -0.39 is 0 Å². The van der Waals surface area contributed by atoms with Crippen LogP contribution in [-0.4, -0.2) is 47.6 Å². The quantitative estimate of drug-likeness (QED) is 0.502. The molecule has 4 atom stereocenters. The van der Waals surface area contributed by atoms with E-state index in [0.717, 1.165) is 70.6 Å². The molecule has 6 nitrogen and oxygen atoms in total. The van der Waals surface area contributed by atoms with Gasteiger partial charge in [-0.25, -0.2) is 0 Å². The molecule has 0 aliphatic carbocycles. The summed E-state index contributed by atoms with van der Waals surface area (Å²) in [5.74, 6) is 0.716. The van der Waals surface area contributed by atoms with Gasteiger partial charge in [0.05, 0.1) is 25.4 Å². The standard InChI is InChI=1S/C21H36O6/c22-18(6-1-4-16-10-12-20(24)26-14-16)8-3-9-19(23)7-2-5-17-11-13-21(25)27-15-17/h16-19,22-23H,1-15H2. The molecule has 2 fully saturated rings. The Morgan fingerprint density at radius 1 is 0.741 bits per heavy atom. The van der Waals surface area contributed by atoms with Gasteiger partial charge >= 0.3 is 11.9 Å². The molecule has 2 aliphatic heterocycles. The van der Waals surface area contributed by atoms with Crippen LogP contribution in [0.4, 0.5) is 0 Å². The molecule has 0 spiro atoms. The van der Waals surface area contributed by atoms with E-state index in [0.29, 0.717) is 37.9 Å². The van der Waals surface area contributed by atoms with Gasteiger partial charge in [-0.2, -0.15) is 0 Å². The molecule has 0 radical (unpaired) electrons. The molecule has 0 aromatic heterocycles. The highest BCUT2D eigenvalue weighted by atomic mass is 16.5. The lowest BCUT2D eigenvalue weighted by Gasteiger charge is -2.22. The minimum atomic E-state index is -0.305. The summed E-state index contributed by atoms with van der Waals surface area (Å²) in [6, 6.07) is 0. The molecule has 6 heteroatoms. The van der Waals surface area contributed by atoms with Crippen molar-refractivity contribution in [2.45, 2.75) is 95.7 Å². The molecule has 2 heterocycles. The van der Waals surface area contributed by atoms with Crippen LogP contribution < -0.4 is 0 Å². The van der Waals surface area contributed by atoms with E-state index >= 15 is 0 Å². The van der Waals surface area contributed by atoms with Crippen molar-refractivity contribution in [2.75, 3.05) is 13.2 Å². The Balaban J connectivity index is 1.41. The zero-order valence-corrected chi connectivity index (χ0v) is 16.4. The molecule has 2 aliphatic rings. The number of hydrogen-bond donors (Lipinski definition) is 2. The second-order valence-corrected chi connectivity index (χ2v) is 8.28. The fraction of sp³-hybridized carbons (Fsp3) is 0.905. The van der Waals surface area contributed by atoms with Crippen LogP contribution in [0, 0.1) is 11.8 Å². The maximum Gasteiger partial charge on any atom is 0.305 e. The summed E-state index contributed by atoms with van der Waals surface area (Å²) >= 11 is 0. The molecule has 0 bridgehead atoms. The number of rotatable bonds is 12. The summed E-state index contributed by atoms with van der Waals surface area (Å²) in [5, 5.41) is 20.2. The predicted molar refractivity (Wildman–Crippen MR) is 101 cm³/mol. The molecule has 156 valence electrons. The molecule has 2 N–H and O–H groups in total. The van der Waals surface area contributed by atoms with Gasteiger partial charge in [-0.3, -0.25) is 9.59 Å². The maximum atomic E-state index is 11.0. The normalized spacial score (nSPS) is 25.6. The molecular weight excluding hydrogens is 348 g/mol. The Kier molecular flexibility index (Phi) is 10.1. The summed E-state index contributed by atoms with van der Waals surface area (Å²) in [4.78, 5) is 22.0. The van der Waals surface area contributed by atoms with E-state index in [-0.39, 0.29) is 24.1 Å². The Morgan fingerprint density at radius 2 is 1.15 bits per heavy atom. The van der Waals surface area contributed by atoms with Crippen molar-refractivity contribution in [1.82, 2.24) is 0 Å². The van der Waals surface area contributed by atoms with Crippen LogP contribution in [0.25, 0.3) is 0 Å². The number of cyclic esters (lactones) is 2. The van der Waals surface area contributed by atoms with Crippen molar-refractivity contribution in [3.8, 4) is 0 Å². The van der Waals surface area contributed by atoms with Gasteiger partial charge in [0.1, 0.15) is 0 Å². The van der Waals surface area contributed by atoms with Crippen LogP contribution in [0.3, 0.4) is 0 Å². The highest BCUT2D eigenvalue weighted by Gasteiger charge is 2.21. The predicted octanol–water partition coefficient (Wildman–Crippen LogP) is 3.13. The molecule has 4 unspecified atom stereocenters. The van der Waals surface area contributed by atoms with Gasteiger partial charge in [0.15, 0.2) is 0 Å². The van der Waals surface area contributed by atoms with Gasteiger partial charge in [-0.1, -0.05) is 12.8 Å². The average molecular weight is 385 g/mol. The zero-order valence-electron chi connectivity index (χ0n) is 16.4. The number of aliphatic hydroxyl groups excluding tert-OH is 2. The first-order chi connectivity index (χ1) is 13.0. The van der Waals surface area contributed by atoms with Gasteiger partial charge in [0.2, 0.25) is 0 Å². The lowest BCUT2D eigenvalue weighted by molar-refractivity contribution is -0.150. The van der Waals surface area contributed by atoms with Crippen LogP contribution in [0.2, 0.25) is 0 Å². The first-order valence-electron chi connectivity index (χ1n) is 10.7. The fourth-order valence-electron chi connectivity index (χ4n) is 3.99. The van der Waals surface area contributed by atoms with Crippen molar-refractivity contribution in [3.05, 3.63) is 0 Å². The van der Waals surface area contributed by atoms with E-state index in [4.69, 9.17) is 9.47 Å². The van der Waals surface area contributed by atoms with E-state index in [1.54, 1.807) is 0 Å². The Labute approximate surface area is 162 Å². The summed E-state index contributed by atoms with van der Waals surface area (Å²) in [6.07, 6.45) is 10.0. The molecule has 27 heavy (non-hydrogen) atoms. The molecule has 2 rings (SSSR count). The third kappa shape index (κ3) is 9.56. The molecule has 0 aromatic carbocycles. The van der Waals surface area contributed by atoms with Crippen LogP contribution in [0.15, 0.2) is 0 Å². The monoisotopic (exact) mass is 384 g/mol. The van der Waals surface area contributed by atoms with Gasteiger partial charge < -0.3 is 19.7 Å². The van der Waals surface area contributed by atoms with Crippen LogP contribution in [-0.2, 0) is 19.1 Å². The second kappa shape index (κ2) is 12.3. The summed E-state index contributed by atoms with van der Waals surface area (Å²) in [7, 11) is 0. The lowest BCUT2D eigenvalue weighted by Crippen LogP contribution is -2.22. The minimum absolute atomic E-state index is 0.0907. The van der Waals surface area contributed by atoms with Gasteiger partial charge in [0, 0.05) is 12.8 Å². The lowest BCUT2D eigenvalue weighted by atomic mass is 9.93. The molecule has 0 amide bonds. The Hall–Kier alpha value is -1.14. The van der Waals surface area contributed by atoms with E-state index in [1.807, 2.05) is 0 Å². The fourth-order valence-corrected chi connectivity index (χ4v) is 3.99. The first-order valence-corrected chi connectivity index (χ1v) is 10.7. The Morgan fingerprint density at radius 3 is 1.52 bits per heavy atom. The number of ether oxygens (including phenoxy) is 2. The molecular formula is C21H36O6. The smallest absolute Gasteiger partial charge is 0.305 e. The van der Waals surface area contributed by atoms with Crippen LogP contribution >= 0.6 is 0 Å². The topological polar surface area (TPSA) is 93.1 Å². The van der Waals surface area contributed by atoms with Gasteiger partial charge in [-0.15, -0.1) is 0 Å². The average Bonchev–Trinajstić information content (AvgIpc) is 2.65.